The SMILES string of the molecule is CN1CCN(c2nccc(CNC(=O)Nc3ccn(-c4ccc(C#N)cc4F)n3)n2)CC1. The molecule has 2 amide bonds. The van der Waals surface area contributed by atoms with E-state index in [-0.39, 0.29) is 23.6 Å². The van der Waals surface area contributed by atoms with E-state index >= 15 is 0 Å². The van der Waals surface area contributed by atoms with Crippen LogP contribution in [0.25, 0.3) is 5.69 Å². The molecule has 4 rings (SSSR count). The third-order valence-electron chi connectivity index (χ3n) is 5.07. The van der Waals surface area contributed by atoms with Crippen LogP contribution in [0.4, 0.5) is 21.0 Å². The average Bonchev–Trinajstić information content (AvgIpc) is 3.26. The predicted octanol–water partition coefficient (Wildman–Crippen LogP) is 1.75. The number of rotatable bonds is 5. The summed E-state index contributed by atoms with van der Waals surface area (Å²) in [7, 11) is 2.08. The monoisotopic (exact) mass is 435 g/mol. The first-order valence-electron chi connectivity index (χ1n) is 10.1. The number of likely N-dealkylation sites (N-methyl/N-ethyl adjacent to an activating group) is 1. The van der Waals surface area contributed by atoms with Crippen molar-refractivity contribution in [1.82, 2.24) is 30.0 Å². The van der Waals surface area contributed by atoms with Crippen molar-refractivity contribution < 1.29 is 9.18 Å². The summed E-state index contributed by atoms with van der Waals surface area (Å²) < 4.78 is 15.5. The van der Waals surface area contributed by atoms with Gasteiger partial charge < -0.3 is 15.1 Å². The highest BCUT2D eigenvalue weighted by Crippen LogP contribution is 2.16. The molecule has 1 aromatic carbocycles. The summed E-state index contributed by atoms with van der Waals surface area (Å²) in [5, 5.41) is 18.3. The van der Waals surface area contributed by atoms with Crippen LogP contribution in [-0.4, -0.2) is 63.9 Å². The van der Waals surface area contributed by atoms with Gasteiger partial charge in [0.05, 0.1) is 23.9 Å². The molecule has 11 heteroatoms. The first kappa shape index (κ1) is 21.2. The summed E-state index contributed by atoms with van der Waals surface area (Å²) in [4.78, 5) is 25.5. The van der Waals surface area contributed by atoms with Gasteiger partial charge in [-0.05, 0) is 31.3 Å². The normalized spacial score (nSPS) is 14.1. The molecule has 164 valence electrons. The highest BCUT2D eigenvalue weighted by molar-refractivity contribution is 5.88. The molecule has 1 saturated heterocycles. The summed E-state index contributed by atoms with van der Waals surface area (Å²) in [6.07, 6.45) is 3.20. The van der Waals surface area contributed by atoms with Gasteiger partial charge in [-0.2, -0.15) is 5.26 Å². The molecule has 3 aromatic rings. The Bertz CT molecular complexity index is 1150. The first-order chi connectivity index (χ1) is 15.5. The molecule has 2 N–H and O–H groups in total. The van der Waals surface area contributed by atoms with E-state index in [2.05, 4.69) is 42.5 Å². The molecular formula is C21H22FN9O. The summed E-state index contributed by atoms with van der Waals surface area (Å²) in [6.45, 7) is 3.84. The molecule has 0 unspecified atom stereocenters. The standard InChI is InChI=1S/C21H22FN9O/c1-29-8-10-30(11-9-29)20-24-6-4-16(26-20)14-25-21(32)27-19-5-7-31(28-19)18-3-2-15(13-23)12-17(18)22/h2-7,12H,8-11,14H2,1H3,(H2,25,27,28,32). The second-order valence-corrected chi connectivity index (χ2v) is 7.37. The topological polar surface area (TPSA) is 115 Å². The second-order valence-electron chi connectivity index (χ2n) is 7.37. The van der Waals surface area contributed by atoms with Gasteiger partial charge in [0.2, 0.25) is 5.95 Å². The van der Waals surface area contributed by atoms with Crippen LogP contribution in [0.15, 0.2) is 42.7 Å². The van der Waals surface area contributed by atoms with E-state index in [1.165, 1.54) is 23.0 Å². The summed E-state index contributed by atoms with van der Waals surface area (Å²) in [5.41, 5.74) is 1.08. The van der Waals surface area contributed by atoms with Crippen molar-refractivity contribution >= 4 is 17.8 Å². The van der Waals surface area contributed by atoms with Gasteiger partial charge in [-0.3, -0.25) is 5.32 Å². The van der Waals surface area contributed by atoms with Crippen molar-refractivity contribution in [3.05, 3.63) is 59.8 Å². The minimum absolute atomic E-state index is 0.176. The summed E-state index contributed by atoms with van der Waals surface area (Å²) in [6, 6.07) is 8.81. The Balaban J connectivity index is 1.33. The predicted molar refractivity (Wildman–Crippen MR) is 116 cm³/mol. The molecule has 0 radical (unpaired) electrons. The lowest BCUT2D eigenvalue weighted by Crippen LogP contribution is -2.45. The maximum Gasteiger partial charge on any atom is 0.320 e. The average molecular weight is 435 g/mol. The Morgan fingerprint density at radius 1 is 1.22 bits per heavy atom. The zero-order valence-corrected chi connectivity index (χ0v) is 17.5. The first-order valence-corrected chi connectivity index (χ1v) is 10.1. The number of piperazine rings is 1. The number of nitrogens with one attached hydrogen (secondary N) is 2. The number of aromatic nitrogens is 4. The van der Waals surface area contributed by atoms with Gasteiger partial charge in [0, 0.05) is 44.6 Å². The molecule has 10 nitrogen and oxygen atoms in total. The number of anilines is 2. The van der Waals surface area contributed by atoms with Crippen molar-refractivity contribution in [2.75, 3.05) is 43.4 Å². The fourth-order valence-electron chi connectivity index (χ4n) is 3.26. The van der Waals surface area contributed by atoms with E-state index < -0.39 is 11.8 Å². The van der Waals surface area contributed by atoms with Gasteiger partial charge in [-0.1, -0.05) is 0 Å². The highest BCUT2D eigenvalue weighted by Gasteiger charge is 2.17. The van der Waals surface area contributed by atoms with Crippen LogP contribution in [0.1, 0.15) is 11.3 Å². The summed E-state index contributed by atoms with van der Waals surface area (Å²) in [5.74, 6) is 0.330. The number of hydrogen-bond donors (Lipinski definition) is 2. The second kappa shape index (κ2) is 9.40. The Morgan fingerprint density at radius 2 is 2.03 bits per heavy atom. The number of carbonyl (C=O) groups excluding carboxylic acids is 1. The number of nitriles is 1. The Hall–Kier alpha value is -4.04. The summed E-state index contributed by atoms with van der Waals surface area (Å²) >= 11 is 0. The van der Waals surface area contributed by atoms with Crippen molar-refractivity contribution in [2.24, 2.45) is 0 Å². The van der Waals surface area contributed by atoms with Crippen molar-refractivity contribution in [2.45, 2.75) is 6.54 Å². The largest absolute Gasteiger partial charge is 0.338 e. The third kappa shape index (κ3) is 4.98. The maximum atomic E-state index is 14.2. The van der Waals surface area contributed by atoms with Crippen LogP contribution in [0.3, 0.4) is 0 Å². The highest BCUT2D eigenvalue weighted by atomic mass is 19.1. The van der Waals surface area contributed by atoms with E-state index in [1.54, 1.807) is 18.3 Å². The fraction of sp³-hybridized carbons (Fsp3) is 0.286. The smallest absolute Gasteiger partial charge is 0.320 e. The van der Waals surface area contributed by atoms with Gasteiger partial charge in [0.25, 0.3) is 0 Å². The third-order valence-corrected chi connectivity index (χ3v) is 5.07. The van der Waals surface area contributed by atoms with Gasteiger partial charge in [0.1, 0.15) is 11.5 Å². The minimum atomic E-state index is -0.580. The van der Waals surface area contributed by atoms with Crippen LogP contribution in [0, 0.1) is 17.1 Å². The van der Waals surface area contributed by atoms with Crippen LogP contribution in [0.5, 0.6) is 0 Å². The maximum absolute atomic E-state index is 14.2. The fourth-order valence-corrected chi connectivity index (χ4v) is 3.26. The number of hydrogen-bond acceptors (Lipinski definition) is 7. The van der Waals surface area contributed by atoms with Gasteiger partial charge in [-0.15, -0.1) is 5.10 Å². The lowest BCUT2D eigenvalue weighted by molar-refractivity contribution is 0.251. The molecular weight excluding hydrogens is 413 g/mol. The molecule has 1 fully saturated rings. The number of benzene rings is 1. The van der Waals surface area contributed by atoms with Gasteiger partial charge >= 0.3 is 6.03 Å². The molecule has 0 spiro atoms. The van der Waals surface area contributed by atoms with Crippen LogP contribution >= 0.6 is 0 Å². The van der Waals surface area contributed by atoms with E-state index in [4.69, 9.17) is 5.26 Å². The molecule has 3 heterocycles. The molecule has 1 aliphatic heterocycles. The van der Waals surface area contributed by atoms with Crippen molar-refractivity contribution in [1.29, 1.82) is 5.26 Å². The molecule has 0 aliphatic carbocycles. The Labute approximate surface area is 184 Å². The minimum Gasteiger partial charge on any atom is -0.338 e. The van der Waals surface area contributed by atoms with E-state index in [0.717, 1.165) is 32.2 Å². The van der Waals surface area contributed by atoms with Crippen molar-refractivity contribution in [3.63, 3.8) is 0 Å². The van der Waals surface area contributed by atoms with Crippen LogP contribution in [0.2, 0.25) is 0 Å². The zero-order chi connectivity index (χ0) is 22.5. The molecule has 0 bridgehead atoms. The quantitative estimate of drug-likeness (QED) is 0.627. The lowest BCUT2D eigenvalue weighted by atomic mass is 10.2. The molecule has 2 aromatic heterocycles. The van der Waals surface area contributed by atoms with E-state index in [0.29, 0.717) is 11.6 Å². The molecule has 32 heavy (non-hydrogen) atoms. The molecule has 0 atom stereocenters. The van der Waals surface area contributed by atoms with Gasteiger partial charge in [-0.25, -0.2) is 23.8 Å². The Morgan fingerprint density at radius 3 is 2.78 bits per heavy atom. The van der Waals surface area contributed by atoms with E-state index in [1.807, 2.05) is 6.07 Å². The zero-order valence-electron chi connectivity index (χ0n) is 17.5. The van der Waals surface area contributed by atoms with E-state index in [9.17, 15) is 9.18 Å². The Kier molecular flexibility index (Phi) is 6.23. The van der Waals surface area contributed by atoms with Crippen LogP contribution in [-0.2, 0) is 6.54 Å². The molecule has 1 aliphatic rings. The number of urea groups is 1. The number of nitrogens with zero attached hydrogens (tertiary/aromatic N) is 7. The lowest BCUT2D eigenvalue weighted by Gasteiger charge is -2.32. The number of halogens is 1. The van der Waals surface area contributed by atoms with Crippen LogP contribution < -0.4 is 15.5 Å². The number of carbonyl (C=O) groups is 1. The number of amides is 2. The van der Waals surface area contributed by atoms with Crippen molar-refractivity contribution in [3.8, 4) is 11.8 Å². The molecule has 0 saturated carbocycles. The van der Waals surface area contributed by atoms with Gasteiger partial charge in [0.15, 0.2) is 5.82 Å².